The Morgan fingerprint density at radius 2 is 1.49 bits per heavy atom. The number of aromatic nitrogens is 1. The Hall–Kier alpha value is -9.17. The number of unbranched alkanes of at least 4 members (excludes halogenated alkanes) is 2. The lowest BCUT2D eigenvalue weighted by molar-refractivity contribution is -0.162. The highest BCUT2D eigenvalue weighted by Crippen LogP contribution is 2.35. The van der Waals surface area contributed by atoms with Gasteiger partial charge in [-0.15, -0.1) is 11.3 Å². The lowest BCUT2D eigenvalue weighted by Crippen LogP contribution is -2.54. The molecule has 2 aromatic carbocycles. The summed E-state index contributed by atoms with van der Waals surface area (Å²) in [6, 6.07) is 8.79. The van der Waals surface area contributed by atoms with Crippen molar-refractivity contribution in [3.63, 3.8) is 0 Å². The molecule has 1 aromatic heterocycles. The number of urea groups is 1. The fraction of sp³-hybridized carbons (Fsp3) is 0.625. The summed E-state index contributed by atoms with van der Waals surface area (Å²) in [4.78, 5) is 184. The molecular weight excluding hydrogens is 1480 g/mol. The second-order valence-electron chi connectivity index (χ2n) is 30.4. The summed E-state index contributed by atoms with van der Waals surface area (Å²) in [5, 5.41) is 25.2. The van der Waals surface area contributed by atoms with E-state index in [1.165, 1.54) is 45.7 Å². The molecular formula is C80H120N12O18S2. The number of benzene rings is 2. The molecule has 5 rings (SSSR count). The fourth-order valence-electron chi connectivity index (χ4n) is 13.1. The van der Waals surface area contributed by atoms with Gasteiger partial charge in [0.2, 0.25) is 35.4 Å². The van der Waals surface area contributed by atoms with Gasteiger partial charge in [0.1, 0.15) is 35.1 Å². The van der Waals surface area contributed by atoms with Gasteiger partial charge in [0, 0.05) is 108 Å². The lowest BCUT2D eigenvalue weighted by atomic mass is 9.82. The van der Waals surface area contributed by atoms with E-state index in [9.17, 15) is 62.6 Å². The number of hydrogen-bond acceptors (Lipinski definition) is 22. The number of nitrogens with one attached hydrogen (secondary N) is 5. The number of nitrogens with zero attached hydrogens (tertiary/aromatic N) is 6. The quantitative estimate of drug-likeness (QED) is 0.00910. The number of nitrogens with two attached hydrogens (primary N) is 1. The smallest absolute Gasteiger partial charge is 0.415 e. The summed E-state index contributed by atoms with van der Waals surface area (Å²) in [6.07, 6.45) is 5.82. The molecule has 30 nitrogen and oxygen atoms in total. The number of thiazole rings is 1. The fourth-order valence-corrected chi connectivity index (χ4v) is 14.6. The number of esters is 2. The van der Waals surface area contributed by atoms with Gasteiger partial charge in [-0.25, -0.2) is 14.6 Å². The second kappa shape index (κ2) is 46.7. The van der Waals surface area contributed by atoms with Crippen LogP contribution in [-0.4, -0.2) is 214 Å². The first-order valence-corrected chi connectivity index (χ1v) is 41.0. The first kappa shape index (κ1) is 93.4. The van der Waals surface area contributed by atoms with Crippen molar-refractivity contribution in [3.05, 3.63) is 88.2 Å². The maximum absolute atomic E-state index is 15.1. The molecule has 2 saturated heterocycles. The summed E-state index contributed by atoms with van der Waals surface area (Å²) < 4.78 is 23.4. The van der Waals surface area contributed by atoms with Crippen molar-refractivity contribution in [1.29, 1.82) is 0 Å². The Balaban J connectivity index is 1.15. The monoisotopic (exact) mass is 1600 g/mol. The van der Waals surface area contributed by atoms with Crippen LogP contribution in [0.3, 0.4) is 0 Å². The van der Waals surface area contributed by atoms with E-state index in [0.717, 1.165) is 36.3 Å². The Morgan fingerprint density at radius 3 is 2.10 bits per heavy atom. The van der Waals surface area contributed by atoms with Crippen LogP contribution in [0.2, 0.25) is 0 Å². The van der Waals surface area contributed by atoms with Gasteiger partial charge in [-0.1, -0.05) is 106 Å². The highest BCUT2D eigenvalue weighted by atomic mass is 32.2. The van der Waals surface area contributed by atoms with Crippen LogP contribution < -0.4 is 37.1 Å². The molecule has 1 unspecified atom stereocenters. The van der Waals surface area contributed by atoms with Crippen LogP contribution in [0, 0.1) is 35.5 Å². The van der Waals surface area contributed by atoms with E-state index >= 15 is 4.79 Å². The molecule has 8 N–H and O–H groups in total. The first-order valence-electron chi connectivity index (χ1n) is 38.8. The first-order chi connectivity index (χ1) is 53.0. The summed E-state index contributed by atoms with van der Waals surface area (Å²) in [5.74, 6) is -7.11. The van der Waals surface area contributed by atoms with Crippen LogP contribution in [0.5, 0.6) is 5.75 Å². The van der Waals surface area contributed by atoms with Crippen LogP contribution in [0.1, 0.15) is 198 Å². The summed E-state index contributed by atoms with van der Waals surface area (Å²) in [6.45, 7) is 23.2. The molecule has 112 heavy (non-hydrogen) atoms. The van der Waals surface area contributed by atoms with Gasteiger partial charge in [0.15, 0.2) is 24.5 Å². The van der Waals surface area contributed by atoms with Crippen molar-refractivity contribution in [2.24, 2.45) is 41.2 Å². The number of primary amides is 1. The number of likely N-dealkylation sites (tertiary alicyclic amines) is 2. The largest absolute Gasteiger partial charge is 0.481 e. The number of carboxylic acid groups (broad SMARTS) is 1. The molecule has 0 radical (unpaired) electrons. The van der Waals surface area contributed by atoms with Crippen molar-refractivity contribution in [3.8, 4) is 5.75 Å². The standard InChI is InChI=1S/C80H120N12O18S2/c1-16-51(8)60(42-65(94)63-24-19-21-35-89(63)13)76(101)92(47-108-70(97)39-48(2)3)64(49(4)5)43-66(109-54(11)93)75-86-62(46-112-75)73(99)84-58(40-52(9)78(103)104)41-55-28-32-59(33-29-55)110-80(106)90(14)38-37-88(12)53(10)107-45-56-26-30-57(31-27-56)83-72(98)61(23-22-34-82-79(81)105)85-74(100)71(50(6)7)87-68(95)25-18-17-20-36-91-69(96)44-67(111-15)77(91)102/h26-33,46,48-52,58,60-61,63-64,66-67,71H,10,16-25,34-45,47H2,1-9,11-15H3,(H,83,98)(H,84,99)(H,85,100)(H,87,95)(H,103,104)(H3,81,82,105)/t51-,52-,58+,60-,61+,63+,64+,66+,67?,71+/m0/s1. The van der Waals surface area contributed by atoms with Crippen molar-refractivity contribution in [1.82, 2.24) is 50.8 Å². The maximum atomic E-state index is 15.1. The molecule has 0 bridgehead atoms. The van der Waals surface area contributed by atoms with Crippen molar-refractivity contribution in [2.75, 3.05) is 72.2 Å². The van der Waals surface area contributed by atoms with E-state index in [1.54, 1.807) is 87.6 Å². The third-order valence-corrected chi connectivity index (χ3v) is 22.1. The normalized spacial score (nSPS) is 16.5. The van der Waals surface area contributed by atoms with E-state index in [1.807, 2.05) is 53.5 Å². The number of carbonyl (C=O) groups excluding carboxylic acids is 12. The minimum absolute atomic E-state index is 0.00169. The molecule has 2 fully saturated rings. The van der Waals surface area contributed by atoms with E-state index in [0.29, 0.717) is 55.8 Å². The topological polar surface area (TPSA) is 394 Å². The number of carbonyl (C=O) groups is 13. The molecule has 3 aromatic rings. The van der Waals surface area contributed by atoms with E-state index in [-0.39, 0.29) is 165 Å². The molecule has 32 heteroatoms. The Labute approximate surface area is 667 Å². The zero-order valence-corrected chi connectivity index (χ0v) is 69.3. The predicted octanol–water partition coefficient (Wildman–Crippen LogP) is 9.21. The Bertz CT molecular complexity index is 3670. The summed E-state index contributed by atoms with van der Waals surface area (Å²) in [5.41, 5.74) is 7.04. The number of thioether (sulfide) groups is 1. The minimum atomic E-state index is -1.08. The van der Waals surface area contributed by atoms with Gasteiger partial charge in [-0.2, -0.15) is 11.8 Å². The van der Waals surface area contributed by atoms with Gasteiger partial charge in [0.05, 0.1) is 17.2 Å². The molecule has 0 aliphatic carbocycles. The third-order valence-electron chi connectivity index (χ3n) is 20.2. The molecule has 0 saturated carbocycles. The molecule has 620 valence electrons. The Kier molecular flexibility index (Phi) is 39.0. The van der Waals surface area contributed by atoms with Crippen molar-refractivity contribution < 1.29 is 86.4 Å². The summed E-state index contributed by atoms with van der Waals surface area (Å²) in [7, 11) is 5.23. The number of amides is 10. The van der Waals surface area contributed by atoms with E-state index < -0.39 is 96.6 Å². The average molecular weight is 1600 g/mol. The minimum Gasteiger partial charge on any atom is -0.481 e. The lowest BCUT2D eigenvalue weighted by Gasteiger charge is -2.39. The number of rotatable bonds is 48. The van der Waals surface area contributed by atoms with Crippen LogP contribution in [0.25, 0.3) is 0 Å². The van der Waals surface area contributed by atoms with Crippen LogP contribution >= 0.6 is 23.1 Å². The number of anilines is 1. The summed E-state index contributed by atoms with van der Waals surface area (Å²) >= 11 is 2.41. The number of ether oxygens (including phenoxy) is 4. The molecule has 10 amide bonds. The zero-order chi connectivity index (χ0) is 83.1. The van der Waals surface area contributed by atoms with Crippen LogP contribution in [0.15, 0.2) is 66.4 Å². The average Bonchev–Trinajstić information content (AvgIpc) is 1.74. The third kappa shape index (κ3) is 30.7. The Morgan fingerprint density at radius 1 is 0.812 bits per heavy atom. The van der Waals surface area contributed by atoms with Crippen LogP contribution in [-0.2, 0) is 75.2 Å². The SMILES string of the molecule is C=C(OCc1ccc(NC(=O)[C@@H](CCCNC(N)=O)NC(=O)[C@H](NC(=O)CCCCCN2C(=O)CC(SC)C2=O)C(C)C)cc1)N(C)CCN(C)C(=O)Oc1ccc(C[C@@H](C[C@H](C)C(=O)O)NC(=O)c2csc([C@@H](C[C@H](C(C)C)N(COC(=O)CC(C)C)C(=O)[C@@H](CC(=O)[C@H]3CCCCN3C)[C@@H](C)CC)OC(C)=O)n2)cc1. The predicted molar refractivity (Wildman–Crippen MR) is 426 cm³/mol. The van der Waals surface area contributed by atoms with Gasteiger partial charge in [-0.05, 0) is 137 Å². The molecule has 2 aliphatic heterocycles. The molecule has 2 aliphatic rings. The highest BCUT2D eigenvalue weighted by molar-refractivity contribution is 8.00. The number of piperidine rings is 1. The number of imide groups is 1. The number of ketones is 1. The van der Waals surface area contributed by atoms with Gasteiger partial charge >= 0.3 is 30.0 Å². The number of hydrogen-bond donors (Lipinski definition) is 7. The number of Topliss-reactive ketones (excluding diaryl/α,β-unsaturated/α-hetero) is 1. The van der Waals surface area contributed by atoms with Gasteiger partial charge in [-0.3, -0.25) is 62.5 Å². The van der Waals surface area contributed by atoms with Crippen LogP contribution in [0.4, 0.5) is 15.3 Å². The second-order valence-corrected chi connectivity index (χ2v) is 32.3. The van der Waals surface area contributed by atoms with Gasteiger partial charge < -0.3 is 71.1 Å². The number of aliphatic carboxylic acids is 1. The van der Waals surface area contributed by atoms with Gasteiger partial charge in [0.25, 0.3) is 5.91 Å². The van der Waals surface area contributed by atoms with E-state index in [4.69, 9.17) is 24.7 Å². The van der Waals surface area contributed by atoms with Crippen molar-refractivity contribution in [2.45, 2.75) is 220 Å². The molecule has 10 atom stereocenters. The zero-order valence-electron chi connectivity index (χ0n) is 67.6. The highest BCUT2D eigenvalue weighted by Gasteiger charge is 2.41. The maximum Gasteiger partial charge on any atom is 0.415 e. The number of carboxylic acids is 1. The molecule has 0 spiro atoms. The van der Waals surface area contributed by atoms with E-state index in [2.05, 4.69) is 38.1 Å². The number of likely N-dealkylation sites (N-methyl/N-ethyl adjacent to an activating group) is 3. The van der Waals surface area contributed by atoms with Crippen molar-refractivity contribution >= 4 is 106 Å². The molecule has 3 heterocycles.